The molecule has 0 radical (unpaired) electrons. The summed E-state index contributed by atoms with van der Waals surface area (Å²) in [5.74, 6) is -0.814. The van der Waals surface area contributed by atoms with Crippen molar-refractivity contribution in [1.82, 2.24) is 4.31 Å². The molecule has 1 heterocycles. The largest absolute Gasteiger partial charge is 0.244 e. The summed E-state index contributed by atoms with van der Waals surface area (Å²) >= 11 is 0. The smallest absolute Gasteiger partial charge is 0.207 e. The molecule has 2 rings (SSSR count). The molecule has 0 atom stereocenters. The van der Waals surface area contributed by atoms with Crippen LogP contribution in [0.2, 0.25) is 0 Å². The SMILES string of the molecule is N#Cc1c(F)cccc1S(=O)(=O)N1CC=CCC1. The Morgan fingerprint density at radius 2 is 2.11 bits per heavy atom. The van der Waals surface area contributed by atoms with Gasteiger partial charge in [-0.3, -0.25) is 0 Å². The molecule has 6 heteroatoms. The molecule has 0 N–H and O–H groups in total. The quantitative estimate of drug-likeness (QED) is 0.765. The minimum absolute atomic E-state index is 0.254. The Hall–Kier alpha value is -1.71. The molecule has 0 spiro atoms. The number of halogens is 1. The van der Waals surface area contributed by atoms with Crippen molar-refractivity contribution in [2.45, 2.75) is 11.3 Å². The van der Waals surface area contributed by atoms with E-state index in [0.29, 0.717) is 13.0 Å². The van der Waals surface area contributed by atoms with E-state index in [0.717, 1.165) is 6.07 Å². The highest BCUT2D eigenvalue weighted by molar-refractivity contribution is 7.89. The van der Waals surface area contributed by atoms with Crippen LogP contribution in [-0.4, -0.2) is 25.8 Å². The molecule has 18 heavy (non-hydrogen) atoms. The molecule has 1 aliphatic rings. The van der Waals surface area contributed by atoms with Crippen LogP contribution in [-0.2, 0) is 10.0 Å². The predicted octanol–water partition coefficient (Wildman–Crippen LogP) is 1.65. The second-order valence-corrected chi connectivity index (χ2v) is 5.75. The molecule has 94 valence electrons. The van der Waals surface area contributed by atoms with Crippen LogP contribution in [0.5, 0.6) is 0 Å². The van der Waals surface area contributed by atoms with Crippen LogP contribution in [0.25, 0.3) is 0 Å². The molecule has 0 saturated carbocycles. The number of rotatable bonds is 2. The molecule has 0 saturated heterocycles. The zero-order chi connectivity index (χ0) is 13.2. The van der Waals surface area contributed by atoms with Crippen molar-refractivity contribution in [2.75, 3.05) is 13.1 Å². The van der Waals surface area contributed by atoms with Crippen LogP contribution in [0, 0.1) is 17.1 Å². The lowest BCUT2D eigenvalue weighted by atomic mass is 10.2. The fraction of sp³-hybridized carbons (Fsp3) is 0.250. The van der Waals surface area contributed by atoms with Crippen LogP contribution in [0.3, 0.4) is 0 Å². The van der Waals surface area contributed by atoms with Crippen molar-refractivity contribution < 1.29 is 12.8 Å². The van der Waals surface area contributed by atoms with Gasteiger partial charge in [-0.15, -0.1) is 0 Å². The summed E-state index contributed by atoms with van der Waals surface area (Å²) in [5.41, 5.74) is -0.424. The second-order valence-electron chi connectivity index (χ2n) is 3.85. The minimum Gasteiger partial charge on any atom is -0.207 e. The van der Waals surface area contributed by atoms with Gasteiger partial charge in [-0.2, -0.15) is 9.57 Å². The Morgan fingerprint density at radius 1 is 1.33 bits per heavy atom. The molecule has 4 nitrogen and oxygen atoms in total. The minimum atomic E-state index is -3.81. The van der Waals surface area contributed by atoms with Crippen molar-refractivity contribution in [3.63, 3.8) is 0 Å². The van der Waals surface area contributed by atoms with Gasteiger partial charge in [-0.25, -0.2) is 12.8 Å². The summed E-state index contributed by atoms with van der Waals surface area (Å²) in [6, 6.07) is 5.24. The predicted molar refractivity (Wildman–Crippen MR) is 63.6 cm³/mol. The molecule has 0 bridgehead atoms. The fourth-order valence-electron chi connectivity index (χ4n) is 1.80. The Labute approximate surface area is 105 Å². The van der Waals surface area contributed by atoms with Crippen molar-refractivity contribution in [1.29, 1.82) is 5.26 Å². The summed E-state index contributed by atoms with van der Waals surface area (Å²) in [7, 11) is -3.81. The standard InChI is InChI=1S/C12H11FN2O2S/c13-11-5-4-6-12(10(11)9-14)18(16,17)15-7-2-1-3-8-15/h1-2,4-6H,3,7-8H2. The van der Waals surface area contributed by atoms with Crippen molar-refractivity contribution in [3.05, 3.63) is 41.7 Å². The number of hydrogen-bond acceptors (Lipinski definition) is 3. The van der Waals surface area contributed by atoms with Gasteiger partial charge in [0.25, 0.3) is 0 Å². The first-order valence-corrected chi connectivity index (χ1v) is 6.85. The fourth-order valence-corrected chi connectivity index (χ4v) is 3.36. The Bertz CT molecular complexity index is 632. The lowest BCUT2D eigenvalue weighted by molar-refractivity contribution is 0.437. The number of sulfonamides is 1. The number of benzene rings is 1. The molecule has 1 aliphatic heterocycles. The summed E-state index contributed by atoms with van der Waals surface area (Å²) in [6.07, 6.45) is 4.26. The van der Waals surface area contributed by atoms with E-state index in [2.05, 4.69) is 0 Å². The third-order valence-electron chi connectivity index (χ3n) is 2.73. The van der Waals surface area contributed by atoms with Gasteiger partial charge in [0, 0.05) is 13.1 Å². The van der Waals surface area contributed by atoms with Gasteiger partial charge in [0.15, 0.2) is 0 Å². The van der Waals surface area contributed by atoms with Gasteiger partial charge in [-0.05, 0) is 18.6 Å². The number of hydrogen-bond donors (Lipinski definition) is 0. The van der Waals surface area contributed by atoms with E-state index in [1.54, 1.807) is 12.1 Å². The first kappa shape index (κ1) is 12.7. The van der Waals surface area contributed by atoms with Gasteiger partial charge in [0.1, 0.15) is 22.3 Å². The molecular formula is C12H11FN2O2S. The monoisotopic (exact) mass is 266 g/mol. The van der Waals surface area contributed by atoms with Gasteiger partial charge < -0.3 is 0 Å². The molecule has 0 aliphatic carbocycles. The summed E-state index contributed by atoms with van der Waals surface area (Å²) < 4.78 is 39.3. The zero-order valence-corrected chi connectivity index (χ0v) is 10.3. The first-order chi connectivity index (χ1) is 8.57. The summed E-state index contributed by atoms with van der Waals surface area (Å²) in [4.78, 5) is -0.264. The molecule has 1 aromatic rings. The van der Waals surface area contributed by atoms with Gasteiger partial charge in [0.2, 0.25) is 10.0 Å². The third kappa shape index (κ3) is 2.15. The third-order valence-corrected chi connectivity index (χ3v) is 4.63. The Balaban J connectivity index is 2.51. The molecule has 0 unspecified atom stereocenters. The van der Waals surface area contributed by atoms with Gasteiger partial charge >= 0.3 is 0 Å². The topological polar surface area (TPSA) is 61.2 Å². The average Bonchev–Trinajstić information content (AvgIpc) is 2.39. The zero-order valence-electron chi connectivity index (χ0n) is 9.51. The van der Waals surface area contributed by atoms with E-state index < -0.39 is 21.4 Å². The van der Waals surface area contributed by atoms with E-state index in [1.165, 1.54) is 16.4 Å². The maximum absolute atomic E-state index is 13.4. The lowest BCUT2D eigenvalue weighted by Crippen LogP contribution is -2.34. The molecule has 1 aromatic carbocycles. The second kappa shape index (κ2) is 4.88. The van der Waals surface area contributed by atoms with Crippen LogP contribution in [0.15, 0.2) is 35.2 Å². The van der Waals surface area contributed by atoms with E-state index in [1.807, 2.05) is 6.08 Å². The average molecular weight is 266 g/mol. The number of nitriles is 1. The summed E-state index contributed by atoms with van der Waals surface area (Å²) in [5, 5.41) is 8.87. The summed E-state index contributed by atoms with van der Waals surface area (Å²) in [6.45, 7) is 0.601. The van der Waals surface area contributed by atoms with E-state index in [9.17, 15) is 12.8 Å². The maximum atomic E-state index is 13.4. The van der Waals surface area contributed by atoms with Crippen LogP contribution in [0.1, 0.15) is 12.0 Å². The molecular weight excluding hydrogens is 255 g/mol. The molecule has 0 fully saturated rings. The maximum Gasteiger partial charge on any atom is 0.244 e. The highest BCUT2D eigenvalue weighted by Gasteiger charge is 2.28. The lowest BCUT2D eigenvalue weighted by Gasteiger charge is -2.23. The highest BCUT2D eigenvalue weighted by Crippen LogP contribution is 2.23. The Morgan fingerprint density at radius 3 is 2.72 bits per heavy atom. The number of nitrogens with zero attached hydrogens (tertiary/aromatic N) is 2. The van der Waals surface area contributed by atoms with Crippen LogP contribution >= 0.6 is 0 Å². The van der Waals surface area contributed by atoms with Crippen molar-refractivity contribution in [2.24, 2.45) is 0 Å². The van der Waals surface area contributed by atoms with Crippen LogP contribution in [0.4, 0.5) is 4.39 Å². The molecule has 0 aromatic heterocycles. The van der Waals surface area contributed by atoms with Gasteiger partial charge in [-0.1, -0.05) is 18.2 Å². The first-order valence-electron chi connectivity index (χ1n) is 5.41. The van der Waals surface area contributed by atoms with Crippen molar-refractivity contribution >= 4 is 10.0 Å². The van der Waals surface area contributed by atoms with E-state index in [4.69, 9.17) is 5.26 Å². The highest BCUT2D eigenvalue weighted by atomic mass is 32.2. The van der Waals surface area contributed by atoms with Gasteiger partial charge in [0.05, 0.1) is 0 Å². The van der Waals surface area contributed by atoms with Crippen molar-refractivity contribution in [3.8, 4) is 6.07 Å². The van der Waals surface area contributed by atoms with Crippen LogP contribution < -0.4 is 0 Å². The Kier molecular flexibility index (Phi) is 3.45. The van der Waals surface area contributed by atoms with E-state index >= 15 is 0 Å². The van der Waals surface area contributed by atoms with E-state index in [-0.39, 0.29) is 11.4 Å². The molecule has 0 amide bonds. The normalized spacial score (nSPS) is 16.4.